The SMILES string of the molecule is CCS(C)(C)C1(C(=O)Nc2n[nH]c3c2CN(C(=O)Nc2ccccc2F)C3(C)C)CCC1. The first-order valence-electron chi connectivity index (χ1n) is 11.0. The summed E-state index contributed by atoms with van der Waals surface area (Å²) in [5, 5.41) is 13.1. The second-order valence-electron chi connectivity index (χ2n) is 9.61. The summed E-state index contributed by atoms with van der Waals surface area (Å²) in [6, 6.07) is 5.67. The number of urea groups is 1. The van der Waals surface area contributed by atoms with Crippen LogP contribution in [0.5, 0.6) is 0 Å². The summed E-state index contributed by atoms with van der Waals surface area (Å²) in [6.07, 6.45) is 7.35. The molecule has 1 aliphatic heterocycles. The van der Waals surface area contributed by atoms with E-state index in [1.165, 1.54) is 12.1 Å². The monoisotopic (exact) mass is 461 g/mol. The Morgan fingerprint density at radius 1 is 1.22 bits per heavy atom. The van der Waals surface area contributed by atoms with Crippen LogP contribution >= 0.6 is 10.0 Å². The van der Waals surface area contributed by atoms with E-state index >= 15 is 0 Å². The first kappa shape index (κ1) is 22.6. The highest BCUT2D eigenvalue weighted by Crippen LogP contribution is 2.62. The zero-order chi connectivity index (χ0) is 23.3. The number of nitrogens with zero attached hydrogens (tertiary/aromatic N) is 2. The van der Waals surface area contributed by atoms with Crippen molar-refractivity contribution in [2.45, 2.75) is 56.9 Å². The molecular weight excluding hydrogens is 429 g/mol. The number of anilines is 2. The molecule has 1 aromatic heterocycles. The molecule has 7 nitrogen and oxygen atoms in total. The van der Waals surface area contributed by atoms with Gasteiger partial charge in [-0.3, -0.25) is 9.89 Å². The van der Waals surface area contributed by atoms with E-state index in [1.807, 2.05) is 13.8 Å². The van der Waals surface area contributed by atoms with Gasteiger partial charge in [-0.25, -0.2) is 19.2 Å². The van der Waals surface area contributed by atoms with E-state index in [-0.39, 0.29) is 22.9 Å². The smallest absolute Gasteiger partial charge is 0.309 e. The lowest BCUT2D eigenvalue weighted by atomic mass is 9.83. The fraction of sp³-hybridized carbons (Fsp3) is 0.522. The quantitative estimate of drug-likeness (QED) is 0.599. The number of carbonyl (C=O) groups excluding carboxylic acids is 2. The lowest BCUT2D eigenvalue weighted by Crippen LogP contribution is -2.52. The highest BCUT2D eigenvalue weighted by molar-refractivity contribution is 8.34. The van der Waals surface area contributed by atoms with Crippen molar-refractivity contribution in [1.82, 2.24) is 15.1 Å². The Hall–Kier alpha value is -2.55. The number of carbonyl (C=O) groups is 2. The van der Waals surface area contributed by atoms with Gasteiger partial charge in [0.15, 0.2) is 5.82 Å². The number of hydrogen-bond donors (Lipinski definition) is 3. The van der Waals surface area contributed by atoms with E-state index in [9.17, 15) is 14.0 Å². The molecule has 9 heteroatoms. The number of H-pyrrole nitrogens is 1. The summed E-state index contributed by atoms with van der Waals surface area (Å²) in [7, 11) is -1.09. The van der Waals surface area contributed by atoms with Crippen LogP contribution in [0.2, 0.25) is 0 Å². The maximum Gasteiger partial charge on any atom is 0.323 e. The van der Waals surface area contributed by atoms with Crippen molar-refractivity contribution in [2.75, 3.05) is 28.9 Å². The van der Waals surface area contributed by atoms with E-state index in [2.05, 4.69) is 40.3 Å². The van der Waals surface area contributed by atoms with Crippen LogP contribution < -0.4 is 10.6 Å². The number of para-hydroxylation sites is 1. The molecule has 1 fully saturated rings. The minimum absolute atomic E-state index is 0.0342. The second-order valence-corrected chi connectivity index (χ2v) is 14.0. The Morgan fingerprint density at radius 3 is 2.50 bits per heavy atom. The molecular formula is C23H32FN5O2S. The van der Waals surface area contributed by atoms with Crippen LogP contribution in [0.25, 0.3) is 0 Å². The van der Waals surface area contributed by atoms with Gasteiger partial charge in [0.2, 0.25) is 5.91 Å². The van der Waals surface area contributed by atoms with Crippen molar-refractivity contribution < 1.29 is 14.0 Å². The number of hydrogen-bond acceptors (Lipinski definition) is 3. The van der Waals surface area contributed by atoms with Crippen LogP contribution in [0.1, 0.15) is 51.3 Å². The van der Waals surface area contributed by atoms with Crippen LogP contribution in [-0.4, -0.2) is 50.0 Å². The number of amides is 3. The minimum atomic E-state index is -1.09. The standard InChI is InChI=1S/C23H32FN5O2S/c1-6-32(4,5)23(12-9-13-23)20(30)26-19-15-14-29(22(2,3)18(15)27-28-19)21(31)25-17-11-8-7-10-16(17)24/h7-8,10-11H,6,9,12-14H2,1-5H3,(H,25,31)(H2,26,27,28,30). The van der Waals surface area contributed by atoms with Crippen LogP contribution in [-0.2, 0) is 16.9 Å². The third-order valence-electron chi connectivity index (χ3n) is 7.42. The highest BCUT2D eigenvalue weighted by Gasteiger charge is 2.52. The summed E-state index contributed by atoms with van der Waals surface area (Å²) in [5.41, 5.74) is 1.02. The lowest BCUT2D eigenvalue weighted by molar-refractivity contribution is -0.120. The van der Waals surface area contributed by atoms with Crippen molar-refractivity contribution in [2.24, 2.45) is 0 Å². The maximum atomic E-state index is 14.0. The van der Waals surface area contributed by atoms with Crippen molar-refractivity contribution in [1.29, 1.82) is 0 Å². The van der Waals surface area contributed by atoms with Gasteiger partial charge < -0.3 is 15.5 Å². The number of fused-ring (bicyclic) bond motifs is 1. The van der Waals surface area contributed by atoms with Crippen LogP contribution in [0.4, 0.5) is 20.7 Å². The van der Waals surface area contributed by atoms with Gasteiger partial charge in [0.05, 0.1) is 28.2 Å². The van der Waals surface area contributed by atoms with Crippen molar-refractivity contribution in [3.05, 3.63) is 41.3 Å². The molecule has 0 spiro atoms. The van der Waals surface area contributed by atoms with E-state index < -0.39 is 27.4 Å². The minimum Gasteiger partial charge on any atom is -0.309 e. The van der Waals surface area contributed by atoms with E-state index in [0.717, 1.165) is 36.3 Å². The summed E-state index contributed by atoms with van der Waals surface area (Å²) >= 11 is 0. The Balaban J connectivity index is 1.55. The van der Waals surface area contributed by atoms with Crippen molar-refractivity contribution in [3.8, 4) is 0 Å². The van der Waals surface area contributed by atoms with Crippen LogP contribution in [0.3, 0.4) is 0 Å². The fourth-order valence-electron chi connectivity index (χ4n) is 4.72. The van der Waals surface area contributed by atoms with Gasteiger partial charge in [0.25, 0.3) is 0 Å². The molecule has 2 aromatic rings. The molecule has 32 heavy (non-hydrogen) atoms. The van der Waals surface area contributed by atoms with Gasteiger partial charge in [-0.05, 0) is 63.5 Å². The molecule has 1 aromatic carbocycles. The number of aromatic amines is 1. The molecule has 3 N–H and O–H groups in total. The molecule has 2 heterocycles. The van der Waals surface area contributed by atoms with Gasteiger partial charge in [-0.15, -0.1) is 0 Å². The highest BCUT2D eigenvalue weighted by atomic mass is 32.3. The topological polar surface area (TPSA) is 90.1 Å². The van der Waals surface area contributed by atoms with Gasteiger partial charge in [0.1, 0.15) is 5.82 Å². The van der Waals surface area contributed by atoms with Crippen LogP contribution in [0, 0.1) is 5.82 Å². The van der Waals surface area contributed by atoms with Crippen molar-refractivity contribution >= 4 is 33.5 Å². The van der Waals surface area contributed by atoms with E-state index in [4.69, 9.17) is 0 Å². The van der Waals surface area contributed by atoms with Crippen LogP contribution in [0.15, 0.2) is 24.3 Å². The summed E-state index contributed by atoms with van der Waals surface area (Å²) in [4.78, 5) is 28.0. The third kappa shape index (κ3) is 3.37. The van der Waals surface area contributed by atoms with E-state index in [0.29, 0.717) is 5.82 Å². The molecule has 2 aliphatic rings. The first-order chi connectivity index (χ1) is 15.0. The molecule has 1 saturated carbocycles. The van der Waals surface area contributed by atoms with Gasteiger partial charge in [-0.2, -0.15) is 5.10 Å². The Morgan fingerprint density at radius 2 is 1.91 bits per heavy atom. The zero-order valence-corrected chi connectivity index (χ0v) is 20.2. The summed E-state index contributed by atoms with van der Waals surface area (Å²) in [6.45, 7) is 6.23. The molecule has 0 unspecified atom stereocenters. The molecule has 0 radical (unpaired) electrons. The largest absolute Gasteiger partial charge is 0.323 e. The molecule has 1 aliphatic carbocycles. The molecule has 174 valence electrons. The zero-order valence-electron chi connectivity index (χ0n) is 19.3. The molecule has 3 amide bonds. The van der Waals surface area contributed by atoms with Gasteiger partial charge >= 0.3 is 6.03 Å². The van der Waals surface area contributed by atoms with E-state index in [1.54, 1.807) is 17.0 Å². The number of halogens is 1. The van der Waals surface area contributed by atoms with Gasteiger partial charge in [-0.1, -0.05) is 19.1 Å². The number of aromatic nitrogens is 2. The Kier molecular flexibility index (Phi) is 5.51. The summed E-state index contributed by atoms with van der Waals surface area (Å²) < 4.78 is 13.7. The Bertz CT molecular complexity index is 1060. The predicted molar refractivity (Wildman–Crippen MR) is 128 cm³/mol. The molecule has 4 rings (SSSR count). The second kappa shape index (κ2) is 7.79. The normalized spacial score (nSPS) is 19.1. The van der Waals surface area contributed by atoms with Crippen molar-refractivity contribution in [3.63, 3.8) is 0 Å². The predicted octanol–water partition coefficient (Wildman–Crippen LogP) is 4.78. The maximum absolute atomic E-state index is 14.0. The third-order valence-corrected chi connectivity index (χ3v) is 11.6. The number of rotatable bonds is 5. The average molecular weight is 462 g/mol. The Labute approximate surface area is 189 Å². The fourth-order valence-corrected chi connectivity index (χ4v) is 7.22. The average Bonchev–Trinajstić information content (AvgIpc) is 3.21. The van der Waals surface area contributed by atoms with Gasteiger partial charge in [0, 0.05) is 5.56 Å². The molecule has 0 saturated heterocycles. The molecule has 0 bridgehead atoms. The summed E-state index contributed by atoms with van der Waals surface area (Å²) in [5.74, 6) is 1.03. The number of benzene rings is 1. The first-order valence-corrected chi connectivity index (χ1v) is 13.6. The lowest BCUT2D eigenvalue weighted by Gasteiger charge is -2.54. The number of nitrogens with one attached hydrogen (secondary N) is 3. The molecule has 0 atom stereocenters.